The first-order valence-electron chi connectivity index (χ1n) is 6.34. The predicted octanol–water partition coefficient (Wildman–Crippen LogP) is 0.996. The normalized spacial score (nSPS) is 24.9. The van der Waals surface area contributed by atoms with Gasteiger partial charge in [-0.1, -0.05) is 30.3 Å². The summed E-state index contributed by atoms with van der Waals surface area (Å²) in [6.07, 6.45) is 0.725. The number of nitrogens with zero attached hydrogens (tertiary/aromatic N) is 1. The highest BCUT2D eigenvalue weighted by molar-refractivity contribution is 5.70. The Morgan fingerprint density at radius 3 is 2.67 bits per heavy atom. The van der Waals surface area contributed by atoms with Crippen LogP contribution in [0.4, 0.5) is 0 Å². The third-order valence-electron chi connectivity index (χ3n) is 3.54. The topological polar surface area (TPSA) is 60.8 Å². The molecule has 1 aromatic rings. The van der Waals surface area contributed by atoms with E-state index in [2.05, 4.69) is 17.0 Å². The number of β-amino-alcohol motifs (C(OH)–C–C–N with tert-alkyl or cyclic N) is 1. The highest BCUT2D eigenvalue weighted by Gasteiger charge is 2.32. The number of piperidine rings is 1. The van der Waals surface area contributed by atoms with Crippen molar-refractivity contribution in [3.8, 4) is 0 Å². The van der Waals surface area contributed by atoms with Gasteiger partial charge in [0.1, 0.15) is 0 Å². The van der Waals surface area contributed by atoms with Gasteiger partial charge in [-0.15, -0.1) is 0 Å². The van der Waals surface area contributed by atoms with E-state index in [9.17, 15) is 9.90 Å². The van der Waals surface area contributed by atoms with Crippen LogP contribution in [0, 0.1) is 5.92 Å². The van der Waals surface area contributed by atoms with Crippen LogP contribution in [-0.4, -0.2) is 46.8 Å². The van der Waals surface area contributed by atoms with Crippen LogP contribution in [0.3, 0.4) is 0 Å². The smallest absolute Gasteiger partial charge is 0.309 e. The van der Waals surface area contributed by atoms with E-state index in [4.69, 9.17) is 5.11 Å². The van der Waals surface area contributed by atoms with E-state index >= 15 is 0 Å². The highest BCUT2D eigenvalue weighted by atomic mass is 16.4. The van der Waals surface area contributed by atoms with Gasteiger partial charge in [-0.25, -0.2) is 0 Å². The van der Waals surface area contributed by atoms with Crippen LogP contribution in [0.25, 0.3) is 0 Å². The van der Waals surface area contributed by atoms with Gasteiger partial charge in [-0.05, 0) is 24.9 Å². The Morgan fingerprint density at radius 2 is 2.06 bits per heavy atom. The van der Waals surface area contributed by atoms with Gasteiger partial charge in [-0.3, -0.25) is 4.79 Å². The Morgan fingerprint density at radius 1 is 1.33 bits per heavy atom. The Bertz CT molecular complexity index is 393. The second kappa shape index (κ2) is 5.98. The Balaban J connectivity index is 1.81. The van der Waals surface area contributed by atoms with Crippen LogP contribution in [0.5, 0.6) is 0 Å². The number of rotatable bonds is 4. The molecule has 1 aliphatic rings. The maximum atomic E-state index is 10.9. The van der Waals surface area contributed by atoms with Crippen molar-refractivity contribution in [3.05, 3.63) is 35.9 Å². The van der Waals surface area contributed by atoms with Gasteiger partial charge < -0.3 is 15.1 Å². The van der Waals surface area contributed by atoms with Gasteiger partial charge in [-0.2, -0.15) is 0 Å². The van der Waals surface area contributed by atoms with E-state index in [0.29, 0.717) is 13.0 Å². The molecule has 0 spiro atoms. The van der Waals surface area contributed by atoms with Crippen molar-refractivity contribution in [1.29, 1.82) is 0 Å². The average Bonchev–Trinajstić information content (AvgIpc) is 2.37. The third kappa shape index (κ3) is 3.31. The second-order valence-electron chi connectivity index (χ2n) is 4.84. The number of hydrogen-bond acceptors (Lipinski definition) is 3. The van der Waals surface area contributed by atoms with E-state index < -0.39 is 18.0 Å². The fourth-order valence-electron chi connectivity index (χ4n) is 2.42. The molecule has 2 rings (SSSR count). The quantitative estimate of drug-likeness (QED) is 0.835. The Kier molecular flexibility index (Phi) is 4.33. The average molecular weight is 249 g/mol. The van der Waals surface area contributed by atoms with Gasteiger partial charge in [0.05, 0.1) is 12.0 Å². The number of aliphatic hydroxyl groups excluding tert-OH is 1. The maximum Gasteiger partial charge on any atom is 0.309 e. The number of carbonyl (C=O) groups is 1. The number of likely N-dealkylation sites (tertiary alicyclic amines) is 1. The number of carboxylic acid groups (broad SMARTS) is 1. The molecule has 0 radical (unpaired) electrons. The second-order valence-corrected chi connectivity index (χ2v) is 4.84. The largest absolute Gasteiger partial charge is 0.481 e. The standard InChI is InChI=1S/C14H19NO3/c16-13-10-15(9-7-12(13)14(17)18)8-6-11-4-2-1-3-5-11/h1-5,12-13,16H,6-10H2,(H,17,18)/t12-,13+/m0/s1. The lowest BCUT2D eigenvalue weighted by molar-refractivity contribution is -0.148. The molecular formula is C14H19NO3. The van der Waals surface area contributed by atoms with Gasteiger partial charge in [0.25, 0.3) is 0 Å². The molecule has 2 N–H and O–H groups in total. The van der Waals surface area contributed by atoms with Gasteiger partial charge in [0.15, 0.2) is 0 Å². The van der Waals surface area contributed by atoms with Gasteiger partial charge >= 0.3 is 5.97 Å². The minimum Gasteiger partial charge on any atom is -0.481 e. The predicted molar refractivity (Wildman–Crippen MR) is 68.3 cm³/mol. The molecule has 0 aliphatic carbocycles. The summed E-state index contributed by atoms with van der Waals surface area (Å²) in [7, 11) is 0. The summed E-state index contributed by atoms with van der Waals surface area (Å²) in [6.45, 7) is 2.08. The SMILES string of the molecule is O=C(O)[C@H]1CCN(CCc2ccccc2)C[C@H]1O. The maximum absolute atomic E-state index is 10.9. The molecule has 0 aromatic heterocycles. The zero-order valence-electron chi connectivity index (χ0n) is 10.3. The fraction of sp³-hybridized carbons (Fsp3) is 0.500. The van der Waals surface area contributed by atoms with Crippen LogP contribution in [0.1, 0.15) is 12.0 Å². The minimum absolute atomic E-state index is 0.462. The molecule has 1 heterocycles. The van der Waals surface area contributed by atoms with E-state index in [0.717, 1.165) is 19.5 Å². The van der Waals surface area contributed by atoms with Crippen molar-refractivity contribution in [2.24, 2.45) is 5.92 Å². The number of carboxylic acids is 1. The van der Waals surface area contributed by atoms with E-state index in [1.165, 1.54) is 5.56 Å². The first kappa shape index (κ1) is 13.1. The van der Waals surface area contributed by atoms with Crippen LogP contribution < -0.4 is 0 Å². The van der Waals surface area contributed by atoms with E-state index in [1.807, 2.05) is 18.2 Å². The summed E-state index contributed by atoms with van der Waals surface area (Å²) >= 11 is 0. The summed E-state index contributed by atoms with van der Waals surface area (Å²) in [5, 5.41) is 18.7. The zero-order valence-corrected chi connectivity index (χ0v) is 10.3. The van der Waals surface area contributed by atoms with Crippen molar-refractivity contribution < 1.29 is 15.0 Å². The first-order chi connectivity index (χ1) is 8.66. The van der Waals surface area contributed by atoms with Crippen LogP contribution in [-0.2, 0) is 11.2 Å². The number of aliphatic hydroxyl groups is 1. The molecule has 4 nitrogen and oxygen atoms in total. The van der Waals surface area contributed by atoms with E-state index in [-0.39, 0.29) is 0 Å². The molecule has 4 heteroatoms. The van der Waals surface area contributed by atoms with Crippen LogP contribution >= 0.6 is 0 Å². The van der Waals surface area contributed by atoms with Crippen molar-refractivity contribution in [2.75, 3.05) is 19.6 Å². The molecule has 0 amide bonds. The van der Waals surface area contributed by atoms with Crippen LogP contribution in [0.15, 0.2) is 30.3 Å². The van der Waals surface area contributed by atoms with Crippen molar-refractivity contribution >= 4 is 5.97 Å². The molecule has 0 saturated carbocycles. The number of aliphatic carboxylic acids is 1. The molecule has 18 heavy (non-hydrogen) atoms. The lowest BCUT2D eigenvalue weighted by Crippen LogP contribution is -2.47. The van der Waals surface area contributed by atoms with Gasteiger partial charge in [0, 0.05) is 13.1 Å². The molecule has 98 valence electrons. The lowest BCUT2D eigenvalue weighted by atomic mass is 9.94. The molecule has 1 aromatic carbocycles. The van der Waals surface area contributed by atoms with E-state index in [1.54, 1.807) is 0 Å². The lowest BCUT2D eigenvalue weighted by Gasteiger charge is -2.33. The van der Waals surface area contributed by atoms with Gasteiger partial charge in [0.2, 0.25) is 0 Å². The van der Waals surface area contributed by atoms with Crippen molar-refractivity contribution in [1.82, 2.24) is 4.90 Å². The minimum atomic E-state index is -0.884. The molecule has 1 fully saturated rings. The first-order valence-corrected chi connectivity index (χ1v) is 6.34. The summed E-state index contributed by atoms with van der Waals surface area (Å²) < 4.78 is 0. The summed E-state index contributed by atoms with van der Waals surface area (Å²) in [4.78, 5) is 13.0. The molecule has 1 aliphatic heterocycles. The monoisotopic (exact) mass is 249 g/mol. The number of hydrogen-bond donors (Lipinski definition) is 2. The Labute approximate surface area is 107 Å². The summed E-state index contributed by atoms with van der Waals surface area (Å²) in [6, 6.07) is 10.2. The molecule has 1 saturated heterocycles. The summed E-state index contributed by atoms with van der Waals surface area (Å²) in [5.41, 5.74) is 1.27. The molecule has 0 bridgehead atoms. The number of benzene rings is 1. The van der Waals surface area contributed by atoms with Crippen molar-refractivity contribution in [2.45, 2.75) is 18.9 Å². The fourth-order valence-corrected chi connectivity index (χ4v) is 2.42. The van der Waals surface area contributed by atoms with Crippen LogP contribution in [0.2, 0.25) is 0 Å². The third-order valence-corrected chi connectivity index (χ3v) is 3.54. The molecule has 0 unspecified atom stereocenters. The highest BCUT2D eigenvalue weighted by Crippen LogP contribution is 2.18. The zero-order chi connectivity index (χ0) is 13.0. The molecular weight excluding hydrogens is 230 g/mol. The Hall–Kier alpha value is -1.39. The van der Waals surface area contributed by atoms with Crippen molar-refractivity contribution in [3.63, 3.8) is 0 Å². The summed E-state index contributed by atoms with van der Waals surface area (Å²) in [5.74, 6) is -1.48. The molecule has 2 atom stereocenters.